The molecule has 0 spiro atoms. The molecule has 1 rings (SSSR count). The van der Waals surface area contributed by atoms with Crippen molar-refractivity contribution in [1.82, 2.24) is 42.5 Å². The lowest BCUT2D eigenvalue weighted by molar-refractivity contribution is -0.143. The van der Waals surface area contributed by atoms with Crippen molar-refractivity contribution in [1.29, 1.82) is 0 Å². The lowest BCUT2D eigenvalue weighted by atomic mass is 10.00. The van der Waals surface area contributed by atoms with Gasteiger partial charge in [0.2, 0.25) is 47.3 Å². The van der Waals surface area contributed by atoms with Crippen molar-refractivity contribution in [2.24, 2.45) is 29.2 Å². The first-order valence-electron chi connectivity index (χ1n) is 23.4. The Balaban J connectivity index is 3.18. The van der Waals surface area contributed by atoms with E-state index < -0.39 is 157 Å². The average Bonchev–Trinajstić information content (AvgIpc) is 3.27. The van der Waals surface area contributed by atoms with Gasteiger partial charge in [-0.25, -0.2) is 4.79 Å². The van der Waals surface area contributed by atoms with Crippen molar-refractivity contribution in [3.8, 4) is 0 Å². The van der Waals surface area contributed by atoms with E-state index in [1.54, 1.807) is 71.9 Å². The molecule has 16 N–H and O–H groups in total. The standard InChI is InChI=1S/C46H74N10O15/c1-23(2)19-31(42(66)56-38(26(7)57)45(69)55-37(25(5)6)44(68)53-32(46(70)71)20-27-13-9-8-10-14-27)50-33(58)22-49-40(64)29(15-11-12-18-47)52-43(67)36(24(3)4)54-41(65)30(16-17-34(59)60)51-39(63)28(48)21-35(61)62/h8-10,13-14,23-26,28-32,36-38,57H,11-12,15-22,47-48H2,1-7H3,(H,49,64)(H,50,58)(H,51,63)(H,52,67)(H,53,68)(H,54,65)(H,55,69)(H,56,66)(H,59,60)(H,61,62)(H,70,71)/t26-,28+,29+,30+,31+,32+,36+,37+,38+/m1/s1. The number of benzene rings is 1. The summed E-state index contributed by atoms with van der Waals surface area (Å²) < 4.78 is 0. The SMILES string of the molecule is CC(C)C[C@H](NC(=O)CNC(=O)[C@H](CCCCN)NC(=O)[C@@H](NC(=O)[C@H](CCC(=O)O)NC(=O)[C@@H](N)CC(=O)O)C(C)C)C(=O)N[C@H](C(=O)N[C@H](C(=O)N[C@@H](Cc1ccccc1)C(=O)O)C(C)C)[C@@H](C)O. The molecule has 25 nitrogen and oxygen atoms in total. The maximum atomic E-state index is 13.7. The number of carboxylic acids is 3. The first-order valence-corrected chi connectivity index (χ1v) is 23.4. The highest BCUT2D eigenvalue weighted by Crippen LogP contribution is 2.12. The van der Waals surface area contributed by atoms with Crippen LogP contribution >= 0.6 is 0 Å². The van der Waals surface area contributed by atoms with Crippen LogP contribution in [0.5, 0.6) is 0 Å². The Kier molecular flexibility index (Phi) is 27.6. The summed E-state index contributed by atoms with van der Waals surface area (Å²) in [6.45, 7) is 10.5. The van der Waals surface area contributed by atoms with Crippen LogP contribution in [-0.4, -0.2) is 153 Å². The summed E-state index contributed by atoms with van der Waals surface area (Å²) in [5.74, 6) is -12.8. The Morgan fingerprint density at radius 1 is 0.549 bits per heavy atom. The van der Waals surface area contributed by atoms with Crippen LogP contribution in [-0.2, 0) is 59.2 Å². The van der Waals surface area contributed by atoms with Crippen molar-refractivity contribution >= 4 is 65.2 Å². The van der Waals surface area contributed by atoms with Crippen LogP contribution in [0.3, 0.4) is 0 Å². The van der Waals surface area contributed by atoms with Crippen LogP contribution in [0.2, 0.25) is 0 Å². The summed E-state index contributed by atoms with van der Waals surface area (Å²) in [5, 5.41) is 58.2. The molecule has 0 saturated heterocycles. The molecule has 0 heterocycles. The van der Waals surface area contributed by atoms with Crippen molar-refractivity contribution in [2.75, 3.05) is 13.1 Å². The topological polar surface area (TPSA) is 417 Å². The number of nitrogens with two attached hydrogens (primary N) is 2. The van der Waals surface area contributed by atoms with E-state index in [-0.39, 0.29) is 31.7 Å². The maximum Gasteiger partial charge on any atom is 0.326 e. The molecule has 0 aliphatic carbocycles. The fourth-order valence-corrected chi connectivity index (χ4v) is 6.90. The van der Waals surface area contributed by atoms with Crippen LogP contribution in [0.1, 0.15) is 99.0 Å². The highest BCUT2D eigenvalue weighted by Gasteiger charge is 2.36. The molecule has 0 aliphatic heterocycles. The molecule has 25 heteroatoms. The second-order valence-corrected chi connectivity index (χ2v) is 18.3. The molecule has 0 unspecified atom stereocenters. The Hall–Kier alpha value is -6.73. The number of nitrogens with one attached hydrogen (secondary N) is 8. The predicted molar refractivity (Wildman–Crippen MR) is 255 cm³/mol. The summed E-state index contributed by atoms with van der Waals surface area (Å²) >= 11 is 0. The van der Waals surface area contributed by atoms with Crippen LogP contribution < -0.4 is 54.0 Å². The number of carboxylic acid groups (broad SMARTS) is 3. The molecule has 0 fully saturated rings. The van der Waals surface area contributed by atoms with E-state index in [9.17, 15) is 68.1 Å². The Morgan fingerprint density at radius 2 is 1.04 bits per heavy atom. The zero-order valence-corrected chi connectivity index (χ0v) is 41.3. The largest absolute Gasteiger partial charge is 0.481 e. The highest BCUT2D eigenvalue weighted by molar-refractivity contribution is 5.98. The van der Waals surface area contributed by atoms with E-state index in [1.165, 1.54) is 6.92 Å². The van der Waals surface area contributed by atoms with Gasteiger partial charge in [-0.2, -0.15) is 0 Å². The summed E-state index contributed by atoms with van der Waals surface area (Å²) in [7, 11) is 0. The zero-order chi connectivity index (χ0) is 54.1. The quantitative estimate of drug-likeness (QED) is 0.0320. The molecule has 398 valence electrons. The molecule has 1 aromatic carbocycles. The van der Waals surface area contributed by atoms with Gasteiger partial charge < -0.3 is 74.4 Å². The predicted octanol–water partition coefficient (Wildman–Crippen LogP) is -2.64. The van der Waals surface area contributed by atoms with Gasteiger partial charge in [0, 0.05) is 12.8 Å². The van der Waals surface area contributed by atoms with Gasteiger partial charge in [-0.3, -0.25) is 47.9 Å². The van der Waals surface area contributed by atoms with Gasteiger partial charge in [0.25, 0.3) is 0 Å². The first-order chi connectivity index (χ1) is 33.2. The number of hydrogen-bond donors (Lipinski definition) is 14. The van der Waals surface area contributed by atoms with Gasteiger partial charge in [0.1, 0.15) is 42.3 Å². The number of aliphatic hydroxyl groups excluding tert-OH is 1. The van der Waals surface area contributed by atoms with Crippen molar-refractivity contribution in [3.05, 3.63) is 35.9 Å². The molecule has 0 saturated carbocycles. The lowest BCUT2D eigenvalue weighted by Gasteiger charge is -2.29. The number of carbonyl (C=O) groups excluding carboxylic acids is 8. The lowest BCUT2D eigenvalue weighted by Crippen LogP contribution is -2.61. The fourth-order valence-electron chi connectivity index (χ4n) is 6.90. The number of hydrogen-bond acceptors (Lipinski definition) is 14. The minimum absolute atomic E-state index is 0.0161. The molecular weight excluding hydrogens is 933 g/mol. The molecule has 0 bridgehead atoms. The molecule has 1 aromatic rings. The highest BCUT2D eigenvalue weighted by atomic mass is 16.4. The van der Waals surface area contributed by atoms with Gasteiger partial charge in [0.05, 0.1) is 25.1 Å². The van der Waals surface area contributed by atoms with Crippen LogP contribution in [0.15, 0.2) is 30.3 Å². The van der Waals surface area contributed by atoms with Crippen molar-refractivity contribution in [3.63, 3.8) is 0 Å². The number of unbranched alkanes of at least 4 members (excludes halogenated alkanes) is 1. The molecule has 71 heavy (non-hydrogen) atoms. The molecule has 0 radical (unpaired) electrons. The number of aliphatic hydroxyl groups is 1. The zero-order valence-electron chi connectivity index (χ0n) is 41.3. The van der Waals surface area contributed by atoms with Crippen LogP contribution in [0, 0.1) is 17.8 Å². The third-order valence-corrected chi connectivity index (χ3v) is 10.8. The Bertz CT molecular complexity index is 1980. The molecule has 9 atom stereocenters. The van der Waals surface area contributed by atoms with Crippen LogP contribution in [0.25, 0.3) is 0 Å². The number of carbonyl (C=O) groups is 11. The monoisotopic (exact) mass is 1010 g/mol. The smallest absolute Gasteiger partial charge is 0.326 e. The number of amides is 8. The van der Waals surface area contributed by atoms with Crippen molar-refractivity contribution in [2.45, 2.75) is 154 Å². The third-order valence-electron chi connectivity index (χ3n) is 10.8. The number of aliphatic carboxylic acids is 3. The first kappa shape index (κ1) is 62.3. The van der Waals surface area contributed by atoms with Crippen molar-refractivity contribution < 1.29 is 73.2 Å². The summed E-state index contributed by atoms with van der Waals surface area (Å²) in [5.41, 5.74) is 11.9. The number of rotatable bonds is 33. The van der Waals surface area contributed by atoms with Crippen LogP contribution in [0.4, 0.5) is 0 Å². The second-order valence-electron chi connectivity index (χ2n) is 18.3. The van der Waals surface area contributed by atoms with Gasteiger partial charge in [0.15, 0.2) is 0 Å². The van der Waals surface area contributed by atoms with Gasteiger partial charge in [-0.1, -0.05) is 71.9 Å². The molecule has 8 amide bonds. The minimum Gasteiger partial charge on any atom is -0.481 e. The van der Waals surface area contributed by atoms with Gasteiger partial charge in [-0.05, 0) is 68.9 Å². The average molecular weight is 1010 g/mol. The van der Waals surface area contributed by atoms with Gasteiger partial charge >= 0.3 is 17.9 Å². The van der Waals surface area contributed by atoms with E-state index >= 15 is 0 Å². The normalized spacial score (nSPS) is 15.0. The third kappa shape index (κ3) is 23.6. The van der Waals surface area contributed by atoms with E-state index in [2.05, 4.69) is 42.5 Å². The maximum absolute atomic E-state index is 13.7. The van der Waals surface area contributed by atoms with E-state index in [0.29, 0.717) is 18.4 Å². The fraction of sp³-hybridized carbons (Fsp3) is 0.630. The van der Waals surface area contributed by atoms with Gasteiger partial charge in [-0.15, -0.1) is 0 Å². The molecule has 0 aromatic heterocycles. The Morgan fingerprint density at radius 3 is 1.54 bits per heavy atom. The van der Waals surface area contributed by atoms with E-state index in [4.69, 9.17) is 16.6 Å². The molecule has 0 aliphatic rings. The van der Waals surface area contributed by atoms with E-state index in [0.717, 1.165) is 0 Å². The summed E-state index contributed by atoms with van der Waals surface area (Å²) in [4.78, 5) is 142. The second kappa shape index (κ2) is 31.5. The molecular formula is C46H74N10O15. The summed E-state index contributed by atoms with van der Waals surface area (Å²) in [6, 6.07) is -2.85. The van der Waals surface area contributed by atoms with E-state index in [1.807, 2.05) is 0 Å². The minimum atomic E-state index is -1.66. The Labute approximate surface area is 412 Å². The summed E-state index contributed by atoms with van der Waals surface area (Å²) in [6.07, 6.45) is -2.62.